The molecule has 0 aliphatic carbocycles. The van der Waals surface area contributed by atoms with Crippen molar-refractivity contribution in [1.82, 2.24) is 9.88 Å². The van der Waals surface area contributed by atoms with Gasteiger partial charge in [-0.15, -0.1) is 0 Å². The molecule has 0 N–H and O–H groups in total. The summed E-state index contributed by atoms with van der Waals surface area (Å²) in [6.45, 7) is 5.77. The molecule has 5 heteroatoms. The van der Waals surface area contributed by atoms with Gasteiger partial charge in [0.15, 0.2) is 0 Å². The summed E-state index contributed by atoms with van der Waals surface area (Å²) in [6.07, 6.45) is 2.71. The van der Waals surface area contributed by atoms with E-state index in [1.165, 1.54) is 0 Å². The number of nitrogens with zero attached hydrogens (tertiary/aromatic N) is 4. The number of aromatic nitrogens is 1. The SMILES string of the molecule is CCC(C#N)N1CCN(c2ncccc2Br)CC1. The Labute approximate surface area is 116 Å². The Morgan fingerprint density at radius 3 is 2.72 bits per heavy atom. The van der Waals surface area contributed by atoms with Crippen LogP contribution in [0.5, 0.6) is 0 Å². The van der Waals surface area contributed by atoms with Gasteiger partial charge in [-0.05, 0) is 34.5 Å². The molecule has 96 valence electrons. The summed E-state index contributed by atoms with van der Waals surface area (Å²) < 4.78 is 1.03. The molecule has 1 aliphatic rings. The fourth-order valence-electron chi connectivity index (χ4n) is 2.29. The van der Waals surface area contributed by atoms with E-state index in [9.17, 15) is 0 Å². The third kappa shape index (κ3) is 2.82. The Hall–Kier alpha value is -1.12. The first kappa shape index (κ1) is 13.3. The van der Waals surface area contributed by atoms with Crippen LogP contribution in [0.15, 0.2) is 22.8 Å². The lowest BCUT2D eigenvalue weighted by molar-refractivity contribution is 0.216. The van der Waals surface area contributed by atoms with E-state index in [1.54, 1.807) is 0 Å². The molecule has 0 spiro atoms. The van der Waals surface area contributed by atoms with Gasteiger partial charge in [0.2, 0.25) is 0 Å². The lowest BCUT2D eigenvalue weighted by Gasteiger charge is -2.37. The average Bonchev–Trinajstić information content (AvgIpc) is 2.42. The molecule has 0 bridgehead atoms. The zero-order valence-corrected chi connectivity index (χ0v) is 12.1. The van der Waals surface area contributed by atoms with Crippen molar-refractivity contribution < 1.29 is 0 Å². The van der Waals surface area contributed by atoms with Crippen molar-refractivity contribution in [2.24, 2.45) is 0 Å². The van der Waals surface area contributed by atoms with Crippen molar-refractivity contribution in [1.29, 1.82) is 5.26 Å². The summed E-state index contributed by atoms with van der Waals surface area (Å²) in [4.78, 5) is 8.93. The minimum absolute atomic E-state index is 0.0549. The van der Waals surface area contributed by atoms with Crippen molar-refractivity contribution in [2.45, 2.75) is 19.4 Å². The normalized spacial score (nSPS) is 18.4. The summed E-state index contributed by atoms with van der Waals surface area (Å²) in [6, 6.07) is 6.36. The minimum atomic E-state index is 0.0549. The van der Waals surface area contributed by atoms with Crippen molar-refractivity contribution in [3.05, 3.63) is 22.8 Å². The summed E-state index contributed by atoms with van der Waals surface area (Å²) >= 11 is 3.53. The van der Waals surface area contributed by atoms with E-state index in [0.717, 1.165) is 42.9 Å². The Morgan fingerprint density at radius 2 is 2.17 bits per heavy atom. The van der Waals surface area contributed by atoms with Crippen LogP contribution >= 0.6 is 15.9 Å². The zero-order chi connectivity index (χ0) is 13.0. The Kier molecular flexibility index (Phi) is 4.56. The predicted molar refractivity (Wildman–Crippen MR) is 75.4 cm³/mol. The highest BCUT2D eigenvalue weighted by molar-refractivity contribution is 9.10. The van der Waals surface area contributed by atoms with Crippen LogP contribution < -0.4 is 4.90 Å². The van der Waals surface area contributed by atoms with Crippen LogP contribution in [0.3, 0.4) is 0 Å². The first-order valence-corrected chi connectivity index (χ1v) is 7.04. The number of halogens is 1. The molecule has 0 saturated carbocycles. The number of hydrogen-bond donors (Lipinski definition) is 0. The van der Waals surface area contributed by atoms with Crippen LogP contribution in [0.4, 0.5) is 5.82 Å². The number of piperazine rings is 1. The van der Waals surface area contributed by atoms with Gasteiger partial charge >= 0.3 is 0 Å². The number of anilines is 1. The maximum absolute atomic E-state index is 9.08. The second-order valence-corrected chi connectivity index (χ2v) is 5.24. The van der Waals surface area contributed by atoms with Crippen LogP contribution in [-0.4, -0.2) is 42.1 Å². The molecule has 1 aliphatic heterocycles. The highest BCUT2D eigenvalue weighted by Crippen LogP contribution is 2.24. The molecule has 2 heterocycles. The number of hydrogen-bond acceptors (Lipinski definition) is 4. The van der Waals surface area contributed by atoms with Crippen molar-refractivity contribution in [3.63, 3.8) is 0 Å². The van der Waals surface area contributed by atoms with Gasteiger partial charge in [0, 0.05) is 32.4 Å². The second kappa shape index (κ2) is 6.17. The molecule has 1 saturated heterocycles. The van der Waals surface area contributed by atoms with Crippen molar-refractivity contribution in [2.75, 3.05) is 31.1 Å². The molecule has 1 unspecified atom stereocenters. The molecular formula is C13H17BrN4. The van der Waals surface area contributed by atoms with Gasteiger partial charge in [-0.2, -0.15) is 5.26 Å². The molecule has 0 amide bonds. The van der Waals surface area contributed by atoms with Crippen LogP contribution in [0.2, 0.25) is 0 Å². The van der Waals surface area contributed by atoms with Crippen molar-refractivity contribution in [3.8, 4) is 6.07 Å². The van der Waals surface area contributed by atoms with Crippen LogP contribution in [0.1, 0.15) is 13.3 Å². The molecule has 0 radical (unpaired) electrons. The highest BCUT2D eigenvalue weighted by atomic mass is 79.9. The third-order valence-corrected chi connectivity index (χ3v) is 3.95. The van der Waals surface area contributed by atoms with Gasteiger partial charge < -0.3 is 4.90 Å². The number of nitriles is 1. The van der Waals surface area contributed by atoms with Gasteiger partial charge in [0.05, 0.1) is 16.6 Å². The quantitative estimate of drug-likeness (QED) is 0.859. The Morgan fingerprint density at radius 1 is 1.44 bits per heavy atom. The Balaban J connectivity index is 1.99. The van der Waals surface area contributed by atoms with E-state index < -0.39 is 0 Å². The minimum Gasteiger partial charge on any atom is -0.353 e. The first-order chi connectivity index (χ1) is 8.76. The molecule has 1 atom stereocenters. The molecular weight excluding hydrogens is 292 g/mol. The standard InChI is InChI=1S/C13H17BrN4/c1-2-11(10-15)17-6-8-18(9-7-17)13-12(14)4-3-5-16-13/h3-5,11H,2,6-9H2,1H3. The molecule has 4 nitrogen and oxygen atoms in total. The Bertz CT molecular complexity index is 435. The fraction of sp³-hybridized carbons (Fsp3) is 0.538. The number of pyridine rings is 1. The van der Waals surface area contributed by atoms with Crippen LogP contribution in [-0.2, 0) is 0 Å². The topological polar surface area (TPSA) is 43.2 Å². The van der Waals surface area contributed by atoms with E-state index in [4.69, 9.17) is 5.26 Å². The predicted octanol–water partition coefficient (Wildman–Crippen LogP) is 2.27. The summed E-state index contributed by atoms with van der Waals surface area (Å²) in [5, 5.41) is 9.08. The molecule has 1 fully saturated rings. The largest absolute Gasteiger partial charge is 0.353 e. The molecule has 18 heavy (non-hydrogen) atoms. The van der Waals surface area contributed by atoms with Gasteiger partial charge in [-0.1, -0.05) is 6.92 Å². The zero-order valence-electron chi connectivity index (χ0n) is 10.5. The lowest BCUT2D eigenvalue weighted by Crippen LogP contribution is -2.50. The maximum Gasteiger partial charge on any atom is 0.142 e. The smallest absolute Gasteiger partial charge is 0.142 e. The molecule has 1 aromatic rings. The van der Waals surface area contributed by atoms with Gasteiger partial charge in [0.1, 0.15) is 5.82 Å². The van der Waals surface area contributed by atoms with E-state index >= 15 is 0 Å². The van der Waals surface area contributed by atoms with Crippen LogP contribution in [0.25, 0.3) is 0 Å². The molecule has 0 aromatic carbocycles. The fourth-order valence-corrected chi connectivity index (χ4v) is 2.79. The van der Waals surface area contributed by atoms with Gasteiger partial charge in [-0.25, -0.2) is 4.98 Å². The maximum atomic E-state index is 9.08. The van der Waals surface area contributed by atoms with Crippen molar-refractivity contribution >= 4 is 21.7 Å². The van der Waals surface area contributed by atoms with E-state index in [-0.39, 0.29) is 6.04 Å². The molecule has 1 aromatic heterocycles. The number of rotatable bonds is 3. The third-order valence-electron chi connectivity index (χ3n) is 3.33. The molecule has 2 rings (SSSR count). The summed E-state index contributed by atoms with van der Waals surface area (Å²) in [7, 11) is 0. The summed E-state index contributed by atoms with van der Waals surface area (Å²) in [5.74, 6) is 1.00. The van der Waals surface area contributed by atoms with Gasteiger partial charge in [-0.3, -0.25) is 4.90 Å². The summed E-state index contributed by atoms with van der Waals surface area (Å²) in [5.41, 5.74) is 0. The van der Waals surface area contributed by atoms with E-state index in [1.807, 2.05) is 18.3 Å². The van der Waals surface area contributed by atoms with Gasteiger partial charge in [0.25, 0.3) is 0 Å². The highest BCUT2D eigenvalue weighted by Gasteiger charge is 2.23. The monoisotopic (exact) mass is 308 g/mol. The van der Waals surface area contributed by atoms with E-state index in [2.05, 4.69) is 43.7 Å². The van der Waals surface area contributed by atoms with E-state index in [0.29, 0.717) is 0 Å². The first-order valence-electron chi connectivity index (χ1n) is 6.25. The average molecular weight is 309 g/mol. The second-order valence-electron chi connectivity index (χ2n) is 4.38. The van der Waals surface area contributed by atoms with Crippen LogP contribution in [0, 0.1) is 11.3 Å². The lowest BCUT2D eigenvalue weighted by atomic mass is 10.2.